The number of thiazole rings is 1. The molecule has 2 aromatic rings. The molecule has 0 fully saturated rings. The van der Waals surface area contributed by atoms with Gasteiger partial charge in [0.05, 0.1) is 14.2 Å². The van der Waals surface area contributed by atoms with Gasteiger partial charge in [0, 0.05) is 11.4 Å². The van der Waals surface area contributed by atoms with Crippen LogP contribution in [-0.2, 0) is 6.54 Å². The van der Waals surface area contributed by atoms with E-state index in [1.165, 1.54) is 11.3 Å². The first kappa shape index (κ1) is 15.1. The summed E-state index contributed by atoms with van der Waals surface area (Å²) >= 11 is 1.32. The molecule has 0 atom stereocenters. The largest absolute Gasteiger partial charge is 0.493 e. The number of ether oxygens (including phenoxy) is 2. The molecule has 112 valence electrons. The van der Waals surface area contributed by atoms with E-state index in [9.17, 15) is 4.79 Å². The smallest absolute Gasteiger partial charge is 0.355 e. The van der Waals surface area contributed by atoms with Crippen molar-refractivity contribution in [3.63, 3.8) is 0 Å². The molecular weight excluding hydrogens is 292 g/mol. The number of carboxylic acid groups (broad SMARTS) is 1. The van der Waals surface area contributed by atoms with E-state index in [1.807, 2.05) is 18.2 Å². The molecule has 2 N–H and O–H groups in total. The lowest BCUT2D eigenvalue weighted by atomic mass is 10.2. The number of carbonyl (C=O) groups is 1. The molecule has 0 aliphatic rings. The molecule has 0 saturated carbocycles. The van der Waals surface area contributed by atoms with Crippen molar-refractivity contribution in [3.8, 4) is 11.5 Å². The summed E-state index contributed by atoms with van der Waals surface area (Å²) in [6.45, 7) is 2.26. The first-order chi connectivity index (χ1) is 10.0. The highest BCUT2D eigenvalue weighted by Crippen LogP contribution is 2.28. The van der Waals surface area contributed by atoms with E-state index in [0.717, 1.165) is 5.56 Å². The van der Waals surface area contributed by atoms with E-state index in [2.05, 4.69) is 10.3 Å². The molecule has 7 heteroatoms. The van der Waals surface area contributed by atoms with Gasteiger partial charge in [0.15, 0.2) is 22.3 Å². The van der Waals surface area contributed by atoms with Crippen LogP contribution in [0, 0.1) is 6.92 Å². The van der Waals surface area contributed by atoms with Crippen LogP contribution in [0.2, 0.25) is 0 Å². The molecule has 1 heterocycles. The van der Waals surface area contributed by atoms with E-state index < -0.39 is 5.97 Å². The number of hydrogen-bond acceptors (Lipinski definition) is 6. The Balaban J connectivity index is 2.09. The van der Waals surface area contributed by atoms with Crippen LogP contribution in [0.4, 0.5) is 5.13 Å². The summed E-state index contributed by atoms with van der Waals surface area (Å²) in [5.74, 6) is 0.306. The third-order valence-corrected chi connectivity index (χ3v) is 3.82. The average molecular weight is 308 g/mol. The highest BCUT2D eigenvalue weighted by molar-refractivity contribution is 7.15. The minimum absolute atomic E-state index is 0.0924. The molecule has 0 radical (unpaired) electrons. The zero-order valence-corrected chi connectivity index (χ0v) is 12.8. The van der Waals surface area contributed by atoms with Gasteiger partial charge in [-0.15, -0.1) is 11.3 Å². The van der Waals surface area contributed by atoms with Crippen LogP contribution in [0.1, 0.15) is 20.9 Å². The summed E-state index contributed by atoms with van der Waals surface area (Å²) in [5.41, 5.74) is 1.08. The maximum Gasteiger partial charge on any atom is 0.355 e. The molecule has 0 amide bonds. The van der Waals surface area contributed by atoms with Crippen LogP contribution >= 0.6 is 11.3 Å². The molecular formula is C14H16N2O4S. The maximum atomic E-state index is 10.9. The number of benzene rings is 1. The molecule has 0 aliphatic carbocycles. The van der Waals surface area contributed by atoms with E-state index in [0.29, 0.717) is 28.1 Å². The molecule has 0 unspecified atom stereocenters. The van der Waals surface area contributed by atoms with Crippen molar-refractivity contribution in [1.82, 2.24) is 4.98 Å². The number of hydrogen-bond donors (Lipinski definition) is 2. The van der Waals surface area contributed by atoms with Crippen LogP contribution in [0.25, 0.3) is 0 Å². The SMILES string of the molecule is COc1ccc(CNc2nc(C(=O)O)c(C)s2)cc1OC. The van der Waals surface area contributed by atoms with Crippen LogP contribution in [0.3, 0.4) is 0 Å². The number of aryl methyl sites for hydroxylation is 1. The third-order valence-electron chi connectivity index (χ3n) is 2.89. The molecule has 1 aromatic heterocycles. The molecule has 0 aliphatic heterocycles. The molecule has 1 aromatic carbocycles. The Morgan fingerprint density at radius 1 is 1.33 bits per heavy atom. The Kier molecular flexibility index (Phi) is 4.64. The van der Waals surface area contributed by atoms with E-state index in [4.69, 9.17) is 14.6 Å². The monoisotopic (exact) mass is 308 g/mol. The molecule has 2 rings (SSSR count). The van der Waals surface area contributed by atoms with Crippen LogP contribution in [0.5, 0.6) is 11.5 Å². The second-order valence-corrected chi connectivity index (χ2v) is 5.48. The highest BCUT2D eigenvalue weighted by Gasteiger charge is 2.14. The van der Waals surface area contributed by atoms with Gasteiger partial charge in [-0.2, -0.15) is 0 Å². The Morgan fingerprint density at radius 3 is 2.62 bits per heavy atom. The van der Waals surface area contributed by atoms with Gasteiger partial charge in [-0.3, -0.25) is 0 Å². The summed E-state index contributed by atoms with van der Waals surface area (Å²) in [7, 11) is 3.17. The molecule has 21 heavy (non-hydrogen) atoms. The van der Waals surface area contributed by atoms with Crippen molar-refractivity contribution in [2.24, 2.45) is 0 Å². The van der Waals surface area contributed by atoms with Crippen molar-refractivity contribution in [2.75, 3.05) is 19.5 Å². The fraction of sp³-hybridized carbons (Fsp3) is 0.286. The Morgan fingerprint density at radius 2 is 2.05 bits per heavy atom. The van der Waals surface area contributed by atoms with Gasteiger partial charge in [0.1, 0.15) is 0 Å². The van der Waals surface area contributed by atoms with E-state index in [1.54, 1.807) is 21.1 Å². The normalized spacial score (nSPS) is 10.2. The molecule has 0 spiro atoms. The van der Waals surface area contributed by atoms with E-state index in [-0.39, 0.29) is 5.69 Å². The fourth-order valence-corrected chi connectivity index (χ4v) is 2.64. The zero-order chi connectivity index (χ0) is 15.4. The minimum Gasteiger partial charge on any atom is -0.493 e. The minimum atomic E-state index is -1.01. The standard InChI is InChI=1S/C14H16N2O4S/c1-8-12(13(17)18)16-14(21-8)15-7-9-4-5-10(19-2)11(6-9)20-3/h4-6H,7H2,1-3H3,(H,15,16)(H,17,18). The van der Waals surface area contributed by atoms with Gasteiger partial charge in [-0.25, -0.2) is 9.78 Å². The molecule has 6 nitrogen and oxygen atoms in total. The summed E-state index contributed by atoms with van der Waals surface area (Å²) in [5, 5.41) is 12.7. The van der Waals surface area contributed by atoms with Gasteiger partial charge < -0.3 is 19.9 Å². The number of carboxylic acids is 1. The van der Waals surface area contributed by atoms with Gasteiger partial charge in [0.25, 0.3) is 0 Å². The lowest BCUT2D eigenvalue weighted by molar-refractivity contribution is 0.0690. The summed E-state index contributed by atoms with van der Waals surface area (Å²) in [6.07, 6.45) is 0. The van der Waals surface area contributed by atoms with E-state index >= 15 is 0 Å². The predicted octanol–water partition coefficient (Wildman–Crippen LogP) is 2.78. The van der Waals surface area contributed by atoms with Crippen molar-refractivity contribution in [1.29, 1.82) is 0 Å². The Bertz CT molecular complexity index is 654. The molecule has 0 bridgehead atoms. The lowest BCUT2D eigenvalue weighted by Gasteiger charge is -2.09. The van der Waals surface area contributed by atoms with Crippen molar-refractivity contribution >= 4 is 22.4 Å². The third kappa shape index (κ3) is 3.43. The van der Waals surface area contributed by atoms with Crippen molar-refractivity contribution in [2.45, 2.75) is 13.5 Å². The maximum absolute atomic E-state index is 10.9. The lowest BCUT2D eigenvalue weighted by Crippen LogP contribution is -2.02. The first-order valence-corrected chi connectivity index (χ1v) is 7.02. The van der Waals surface area contributed by atoms with Crippen molar-refractivity contribution < 1.29 is 19.4 Å². The number of methoxy groups -OCH3 is 2. The quantitative estimate of drug-likeness (QED) is 0.854. The second kappa shape index (κ2) is 6.45. The van der Waals surface area contributed by atoms with Gasteiger partial charge in [-0.05, 0) is 24.6 Å². The number of nitrogens with one attached hydrogen (secondary N) is 1. The zero-order valence-electron chi connectivity index (χ0n) is 12.0. The van der Waals surface area contributed by atoms with Gasteiger partial charge in [-0.1, -0.05) is 6.07 Å². The van der Waals surface area contributed by atoms with Crippen molar-refractivity contribution in [3.05, 3.63) is 34.3 Å². The summed E-state index contributed by atoms with van der Waals surface area (Å²) in [6, 6.07) is 5.60. The first-order valence-electron chi connectivity index (χ1n) is 6.20. The topological polar surface area (TPSA) is 80.7 Å². The number of aromatic nitrogens is 1. The Hall–Kier alpha value is -2.28. The average Bonchev–Trinajstić information content (AvgIpc) is 2.86. The van der Waals surface area contributed by atoms with Crippen LogP contribution in [0.15, 0.2) is 18.2 Å². The second-order valence-electron chi connectivity index (χ2n) is 4.27. The molecule has 0 saturated heterocycles. The number of aromatic carboxylic acids is 1. The fourth-order valence-electron chi connectivity index (χ4n) is 1.84. The number of anilines is 1. The highest BCUT2D eigenvalue weighted by atomic mass is 32.1. The predicted molar refractivity (Wildman–Crippen MR) is 80.7 cm³/mol. The van der Waals surface area contributed by atoms with Gasteiger partial charge in [0.2, 0.25) is 0 Å². The van der Waals surface area contributed by atoms with Crippen LogP contribution in [-0.4, -0.2) is 30.3 Å². The summed E-state index contributed by atoms with van der Waals surface area (Å²) < 4.78 is 10.4. The Labute approximate surface area is 126 Å². The number of nitrogens with zero attached hydrogens (tertiary/aromatic N) is 1. The van der Waals surface area contributed by atoms with Crippen LogP contribution < -0.4 is 14.8 Å². The summed E-state index contributed by atoms with van der Waals surface area (Å²) in [4.78, 5) is 15.7. The van der Waals surface area contributed by atoms with Gasteiger partial charge >= 0.3 is 5.97 Å². The number of rotatable bonds is 6.